The van der Waals surface area contributed by atoms with Crippen LogP contribution in [0.15, 0.2) is 29.3 Å². The zero-order valence-corrected chi connectivity index (χ0v) is 18.1. The molecule has 0 saturated carbocycles. The number of aliphatic hydroxyl groups is 1. The van der Waals surface area contributed by atoms with Gasteiger partial charge in [-0.3, -0.25) is 4.99 Å². The smallest absolute Gasteiger partial charge is 0.387 e. The van der Waals surface area contributed by atoms with Crippen molar-refractivity contribution in [3.05, 3.63) is 29.8 Å². The minimum atomic E-state index is -2.82. The maximum absolute atomic E-state index is 12.2. The minimum absolute atomic E-state index is 0. The molecule has 0 radical (unpaired) electrons. The molecule has 1 aromatic rings. The summed E-state index contributed by atoms with van der Waals surface area (Å²) in [5, 5.41) is 13.6. The third kappa shape index (κ3) is 7.43. The summed E-state index contributed by atoms with van der Waals surface area (Å²) in [7, 11) is 1.90. The standard InChI is InChI=1S/C17H25F2N3O2S.HI/c1-3-20-16(21-11-17(23)8-9-25-12-17)22(2)10-13-4-6-14(7-5-13)24-15(18)19;/h4-7,15,23H,3,8-12H2,1-2H3,(H,20,21);1H. The van der Waals surface area contributed by atoms with E-state index in [2.05, 4.69) is 15.0 Å². The van der Waals surface area contributed by atoms with Crippen molar-refractivity contribution < 1.29 is 18.6 Å². The molecule has 0 amide bonds. The van der Waals surface area contributed by atoms with Gasteiger partial charge in [-0.1, -0.05) is 12.1 Å². The highest BCUT2D eigenvalue weighted by molar-refractivity contribution is 14.0. The molecule has 0 aromatic heterocycles. The number of nitrogens with one attached hydrogen (secondary N) is 1. The Labute approximate surface area is 174 Å². The number of rotatable bonds is 7. The van der Waals surface area contributed by atoms with Crippen LogP contribution >= 0.6 is 35.7 Å². The summed E-state index contributed by atoms with van der Waals surface area (Å²) in [6.07, 6.45) is 0.760. The molecule has 1 aliphatic rings. The van der Waals surface area contributed by atoms with Gasteiger partial charge in [-0.05, 0) is 36.8 Å². The summed E-state index contributed by atoms with van der Waals surface area (Å²) in [6, 6.07) is 6.55. The minimum Gasteiger partial charge on any atom is -0.435 e. The topological polar surface area (TPSA) is 57.1 Å². The fourth-order valence-electron chi connectivity index (χ4n) is 2.54. The second kappa shape index (κ2) is 11.1. The summed E-state index contributed by atoms with van der Waals surface area (Å²) in [5.74, 6) is 2.53. The maximum Gasteiger partial charge on any atom is 0.387 e. The van der Waals surface area contributed by atoms with Gasteiger partial charge in [0.25, 0.3) is 0 Å². The Morgan fingerprint density at radius 2 is 2.12 bits per heavy atom. The molecule has 1 unspecified atom stereocenters. The Kier molecular flexibility index (Phi) is 9.94. The molecule has 2 N–H and O–H groups in total. The van der Waals surface area contributed by atoms with Crippen molar-refractivity contribution in [1.29, 1.82) is 0 Å². The van der Waals surface area contributed by atoms with Crippen molar-refractivity contribution in [3.8, 4) is 5.75 Å². The van der Waals surface area contributed by atoms with Gasteiger partial charge in [0.05, 0.1) is 12.1 Å². The molecule has 0 aliphatic carbocycles. The number of hydrogen-bond donors (Lipinski definition) is 2. The van der Waals surface area contributed by atoms with Crippen LogP contribution in [0.4, 0.5) is 8.78 Å². The van der Waals surface area contributed by atoms with Crippen LogP contribution in [0.5, 0.6) is 5.75 Å². The Balaban J connectivity index is 0.00000338. The van der Waals surface area contributed by atoms with Crippen LogP contribution in [0, 0.1) is 0 Å². The predicted molar refractivity (Wildman–Crippen MR) is 113 cm³/mol. The number of guanidine groups is 1. The first-order chi connectivity index (χ1) is 11.9. The third-order valence-electron chi connectivity index (χ3n) is 3.87. The van der Waals surface area contributed by atoms with E-state index < -0.39 is 12.2 Å². The van der Waals surface area contributed by atoms with Gasteiger partial charge in [0.1, 0.15) is 5.75 Å². The second-order valence-corrected chi connectivity index (χ2v) is 7.18. The van der Waals surface area contributed by atoms with Crippen molar-refractivity contribution in [3.63, 3.8) is 0 Å². The van der Waals surface area contributed by atoms with Gasteiger partial charge in [-0.2, -0.15) is 20.5 Å². The monoisotopic (exact) mass is 501 g/mol. The number of halogens is 3. The number of alkyl halides is 2. The second-order valence-electron chi connectivity index (χ2n) is 6.08. The zero-order chi connectivity index (χ0) is 18.3. The number of nitrogens with zero attached hydrogens (tertiary/aromatic N) is 2. The van der Waals surface area contributed by atoms with Crippen molar-refractivity contribution >= 4 is 41.7 Å². The average molecular weight is 501 g/mol. The highest BCUT2D eigenvalue weighted by atomic mass is 127. The van der Waals surface area contributed by atoms with E-state index in [-0.39, 0.29) is 29.7 Å². The van der Waals surface area contributed by atoms with E-state index >= 15 is 0 Å². The molecule has 1 heterocycles. The van der Waals surface area contributed by atoms with E-state index in [1.807, 2.05) is 18.9 Å². The molecular weight excluding hydrogens is 475 g/mol. The molecule has 1 aromatic carbocycles. The van der Waals surface area contributed by atoms with E-state index in [0.29, 0.717) is 24.8 Å². The molecule has 148 valence electrons. The zero-order valence-electron chi connectivity index (χ0n) is 15.0. The fourth-order valence-corrected chi connectivity index (χ4v) is 3.82. The SMILES string of the molecule is CCNC(=NCC1(O)CCSC1)N(C)Cc1ccc(OC(F)F)cc1.I. The summed E-state index contributed by atoms with van der Waals surface area (Å²) in [6.45, 7) is 0.819. The normalized spacial score (nSPS) is 20.0. The van der Waals surface area contributed by atoms with Crippen LogP contribution in [0.2, 0.25) is 0 Å². The van der Waals surface area contributed by atoms with Crippen molar-refractivity contribution in [2.75, 3.05) is 31.6 Å². The molecule has 0 bridgehead atoms. The lowest BCUT2D eigenvalue weighted by atomic mass is 10.0. The molecule has 0 spiro atoms. The van der Waals surface area contributed by atoms with E-state index in [1.165, 1.54) is 12.1 Å². The molecule has 26 heavy (non-hydrogen) atoms. The van der Waals surface area contributed by atoms with Crippen molar-refractivity contribution in [2.24, 2.45) is 4.99 Å². The van der Waals surface area contributed by atoms with E-state index in [1.54, 1.807) is 23.9 Å². The van der Waals surface area contributed by atoms with Crippen LogP contribution in [-0.2, 0) is 6.54 Å². The van der Waals surface area contributed by atoms with Crippen LogP contribution in [0.25, 0.3) is 0 Å². The Morgan fingerprint density at radius 3 is 2.65 bits per heavy atom. The summed E-state index contributed by atoms with van der Waals surface area (Å²) < 4.78 is 28.7. The molecular formula is C17H26F2IN3O2S. The number of benzene rings is 1. The lowest BCUT2D eigenvalue weighted by Gasteiger charge is -2.25. The average Bonchev–Trinajstić information content (AvgIpc) is 2.99. The lowest BCUT2D eigenvalue weighted by molar-refractivity contribution is -0.0498. The highest BCUT2D eigenvalue weighted by Gasteiger charge is 2.31. The maximum atomic E-state index is 12.2. The van der Waals surface area contributed by atoms with Crippen LogP contribution in [0.1, 0.15) is 18.9 Å². The molecule has 1 aliphatic heterocycles. The Morgan fingerprint density at radius 1 is 1.42 bits per heavy atom. The van der Waals surface area contributed by atoms with Gasteiger partial charge < -0.3 is 20.1 Å². The third-order valence-corrected chi connectivity index (χ3v) is 5.10. The van der Waals surface area contributed by atoms with Gasteiger partial charge in [0.15, 0.2) is 5.96 Å². The highest BCUT2D eigenvalue weighted by Crippen LogP contribution is 2.28. The first kappa shape index (κ1) is 23.2. The summed E-state index contributed by atoms with van der Waals surface area (Å²) in [5.41, 5.74) is 0.227. The van der Waals surface area contributed by atoms with E-state index in [4.69, 9.17) is 0 Å². The van der Waals surface area contributed by atoms with Crippen LogP contribution < -0.4 is 10.1 Å². The molecule has 5 nitrogen and oxygen atoms in total. The summed E-state index contributed by atoms with van der Waals surface area (Å²) >= 11 is 1.74. The van der Waals surface area contributed by atoms with Crippen molar-refractivity contribution in [1.82, 2.24) is 10.2 Å². The first-order valence-electron chi connectivity index (χ1n) is 8.25. The molecule has 1 fully saturated rings. The van der Waals surface area contributed by atoms with Gasteiger partial charge in [0, 0.05) is 25.9 Å². The predicted octanol–water partition coefficient (Wildman–Crippen LogP) is 3.17. The van der Waals surface area contributed by atoms with Gasteiger partial charge in [-0.25, -0.2) is 0 Å². The van der Waals surface area contributed by atoms with Crippen molar-refractivity contribution in [2.45, 2.75) is 32.1 Å². The molecule has 2 rings (SSSR count). The Bertz CT molecular complexity index is 570. The number of aliphatic imine (C=N–C) groups is 1. The first-order valence-corrected chi connectivity index (χ1v) is 9.41. The van der Waals surface area contributed by atoms with Crippen LogP contribution in [0.3, 0.4) is 0 Å². The molecule has 1 atom stereocenters. The number of thioether (sulfide) groups is 1. The molecule has 1 saturated heterocycles. The molecule has 9 heteroatoms. The lowest BCUT2D eigenvalue weighted by Crippen LogP contribution is -2.41. The number of hydrogen-bond acceptors (Lipinski definition) is 4. The van der Waals surface area contributed by atoms with Gasteiger partial charge in [0.2, 0.25) is 0 Å². The van der Waals surface area contributed by atoms with Gasteiger partial charge in [-0.15, -0.1) is 24.0 Å². The van der Waals surface area contributed by atoms with E-state index in [9.17, 15) is 13.9 Å². The quantitative estimate of drug-likeness (QED) is 0.342. The Hall–Kier alpha value is -0.810. The number of ether oxygens (including phenoxy) is 1. The fraction of sp³-hybridized carbons (Fsp3) is 0.588. The van der Waals surface area contributed by atoms with E-state index in [0.717, 1.165) is 24.3 Å². The van der Waals surface area contributed by atoms with Crippen LogP contribution in [-0.4, -0.2) is 59.8 Å². The van der Waals surface area contributed by atoms with Gasteiger partial charge >= 0.3 is 6.61 Å². The summed E-state index contributed by atoms with van der Waals surface area (Å²) in [4.78, 5) is 6.51. The largest absolute Gasteiger partial charge is 0.435 e.